The molecule has 0 amide bonds. The predicted molar refractivity (Wildman–Crippen MR) is 292 cm³/mol. The minimum atomic E-state index is -0.791. The summed E-state index contributed by atoms with van der Waals surface area (Å²) in [6.07, 6.45) is 39.8. The van der Waals surface area contributed by atoms with Crippen LogP contribution in [0, 0.1) is 23.7 Å². The molecule has 0 heterocycles. The fourth-order valence-corrected chi connectivity index (χ4v) is 9.85. The summed E-state index contributed by atoms with van der Waals surface area (Å²) in [5.41, 5.74) is 0. The summed E-state index contributed by atoms with van der Waals surface area (Å²) in [4.78, 5) is 40.7. The first kappa shape index (κ1) is 68.2. The number of esters is 1. The van der Waals surface area contributed by atoms with E-state index in [1.54, 1.807) is 0 Å². The maximum Gasteiger partial charge on any atom is 0.508 e. The molecule has 0 aliphatic carbocycles. The Kier molecular flexibility index (Phi) is 49.5. The lowest BCUT2D eigenvalue weighted by molar-refractivity contribution is -0.145. The van der Waals surface area contributed by atoms with Gasteiger partial charge < -0.3 is 29.2 Å². The van der Waals surface area contributed by atoms with Crippen molar-refractivity contribution in [3.05, 3.63) is 0 Å². The molecule has 0 aliphatic heterocycles. The molecular formula is C60H117NO9. The number of nitrogens with zero attached hydrogens (tertiary/aromatic N) is 1. The molecule has 416 valence electrons. The van der Waals surface area contributed by atoms with E-state index in [1.807, 2.05) is 4.90 Å². The number of ether oxygens (including phenoxy) is 4. The third-order valence-electron chi connectivity index (χ3n) is 14.8. The Bertz CT molecular complexity index is 1140. The molecule has 0 spiro atoms. The minimum Gasteiger partial charge on any atom is -0.465 e. The normalized spacial score (nSPS) is 13.9. The predicted octanol–water partition coefficient (Wildman–Crippen LogP) is 15.9. The van der Waals surface area contributed by atoms with Crippen molar-refractivity contribution >= 4 is 17.9 Å². The van der Waals surface area contributed by atoms with E-state index in [4.69, 9.17) is 18.9 Å². The number of hydrogen-bond acceptors (Lipinski definition) is 10. The highest BCUT2D eigenvalue weighted by molar-refractivity contribution is 5.78. The Labute approximate surface area is 433 Å². The van der Waals surface area contributed by atoms with Crippen LogP contribution in [0.25, 0.3) is 0 Å². The number of rotatable bonds is 54. The molecule has 10 nitrogen and oxygen atoms in total. The van der Waals surface area contributed by atoms with Crippen molar-refractivity contribution in [1.29, 1.82) is 0 Å². The monoisotopic (exact) mass is 996 g/mol. The van der Waals surface area contributed by atoms with Gasteiger partial charge in [-0.3, -0.25) is 14.5 Å². The molecule has 2 N–H and O–H groups in total. The average Bonchev–Trinajstić information content (AvgIpc) is 3.35. The van der Waals surface area contributed by atoms with Crippen LogP contribution in [0.5, 0.6) is 0 Å². The fourth-order valence-electron chi connectivity index (χ4n) is 9.85. The standard InChI is InChI=1S/C60H117NO9/c1-8-13-17-20-26-33-52(6)49-57(38-28-21-18-14-9-2)70-58(53(7)12-5)39-31-30-37-56(64)42-41-55(51-69-60(66)67-48-32-43-61(44-46-62)45-47-63)50-68-59(65)40-29-23-19-22-27-36-54(34-24-15-10-3)35-25-16-11-4/h52-55,57-58,62-63H,8-51H2,1-7H3. The number of unbranched alkanes of at least 4 members (excludes halogenated alkanes) is 17. The van der Waals surface area contributed by atoms with Gasteiger partial charge in [-0.1, -0.05) is 215 Å². The molecule has 0 aromatic carbocycles. The lowest BCUT2D eigenvalue weighted by Gasteiger charge is -2.30. The highest BCUT2D eigenvalue weighted by atomic mass is 16.7. The van der Waals surface area contributed by atoms with Crippen molar-refractivity contribution in [3.63, 3.8) is 0 Å². The van der Waals surface area contributed by atoms with E-state index in [0.29, 0.717) is 69.7 Å². The van der Waals surface area contributed by atoms with Crippen LogP contribution in [-0.4, -0.2) is 97.9 Å². The summed E-state index contributed by atoms with van der Waals surface area (Å²) >= 11 is 0. The van der Waals surface area contributed by atoms with E-state index in [2.05, 4.69) is 48.5 Å². The molecule has 5 unspecified atom stereocenters. The Hall–Kier alpha value is -1.75. The van der Waals surface area contributed by atoms with E-state index >= 15 is 0 Å². The van der Waals surface area contributed by atoms with Crippen LogP contribution >= 0.6 is 0 Å². The molecule has 10 heteroatoms. The van der Waals surface area contributed by atoms with Crippen molar-refractivity contribution in [2.45, 2.75) is 292 Å². The van der Waals surface area contributed by atoms with Gasteiger partial charge >= 0.3 is 12.1 Å². The van der Waals surface area contributed by atoms with Crippen molar-refractivity contribution < 1.29 is 43.5 Å². The van der Waals surface area contributed by atoms with Gasteiger partial charge in [0.05, 0.1) is 38.6 Å². The van der Waals surface area contributed by atoms with Gasteiger partial charge in [0.1, 0.15) is 12.4 Å². The molecule has 0 aromatic rings. The average molecular weight is 997 g/mol. The summed E-state index contributed by atoms with van der Waals surface area (Å²) in [5.74, 6) is 1.62. The number of carbonyl (C=O) groups excluding carboxylic acids is 3. The number of aliphatic hydroxyl groups is 2. The first-order valence-electron chi connectivity index (χ1n) is 30.1. The first-order chi connectivity index (χ1) is 34.1. The maximum absolute atomic E-state index is 13.3. The van der Waals surface area contributed by atoms with Gasteiger partial charge in [-0.05, 0) is 62.7 Å². The van der Waals surface area contributed by atoms with E-state index in [9.17, 15) is 24.6 Å². The van der Waals surface area contributed by atoms with Gasteiger partial charge in [-0.25, -0.2) is 4.79 Å². The topological polar surface area (TPSA) is 132 Å². The summed E-state index contributed by atoms with van der Waals surface area (Å²) in [7, 11) is 0. The number of aliphatic hydroxyl groups excluding tert-OH is 2. The number of hydrogen-bond donors (Lipinski definition) is 2. The Balaban J connectivity index is 5.22. The Morgan fingerprint density at radius 2 is 0.971 bits per heavy atom. The second kappa shape index (κ2) is 50.8. The largest absolute Gasteiger partial charge is 0.508 e. The first-order valence-corrected chi connectivity index (χ1v) is 30.1. The van der Waals surface area contributed by atoms with Crippen molar-refractivity contribution in [2.24, 2.45) is 23.7 Å². The highest BCUT2D eigenvalue weighted by Gasteiger charge is 2.24. The van der Waals surface area contributed by atoms with Gasteiger partial charge in [0, 0.05) is 44.8 Å². The molecule has 0 saturated heterocycles. The Morgan fingerprint density at radius 1 is 0.471 bits per heavy atom. The molecular weight excluding hydrogens is 879 g/mol. The lowest BCUT2D eigenvalue weighted by Crippen LogP contribution is -2.31. The Morgan fingerprint density at radius 3 is 1.57 bits per heavy atom. The van der Waals surface area contributed by atoms with Crippen molar-refractivity contribution in [3.8, 4) is 0 Å². The van der Waals surface area contributed by atoms with Crippen LogP contribution in [-0.2, 0) is 28.5 Å². The second-order valence-corrected chi connectivity index (χ2v) is 21.5. The minimum absolute atomic E-state index is 0.00357. The molecule has 0 fully saturated rings. The van der Waals surface area contributed by atoms with E-state index < -0.39 is 6.16 Å². The molecule has 0 saturated carbocycles. The van der Waals surface area contributed by atoms with Gasteiger partial charge in [0.2, 0.25) is 0 Å². The van der Waals surface area contributed by atoms with Crippen molar-refractivity contribution in [2.75, 3.05) is 52.7 Å². The van der Waals surface area contributed by atoms with Crippen molar-refractivity contribution in [1.82, 2.24) is 4.90 Å². The molecule has 0 radical (unpaired) electrons. The van der Waals surface area contributed by atoms with Crippen LogP contribution in [0.4, 0.5) is 4.79 Å². The third-order valence-corrected chi connectivity index (χ3v) is 14.8. The molecule has 0 aromatic heterocycles. The molecule has 0 rings (SSSR count). The van der Waals surface area contributed by atoms with E-state index in [-0.39, 0.29) is 56.8 Å². The van der Waals surface area contributed by atoms with E-state index in [1.165, 1.54) is 141 Å². The van der Waals surface area contributed by atoms with Gasteiger partial charge in [-0.2, -0.15) is 0 Å². The van der Waals surface area contributed by atoms with Crippen LogP contribution in [0.3, 0.4) is 0 Å². The summed E-state index contributed by atoms with van der Waals surface area (Å²) in [6.45, 7) is 17.8. The second-order valence-electron chi connectivity index (χ2n) is 21.5. The zero-order chi connectivity index (χ0) is 51.7. The molecule has 0 aliphatic rings. The quantitative estimate of drug-likeness (QED) is 0.0448. The lowest BCUT2D eigenvalue weighted by atomic mass is 9.90. The number of Topliss-reactive ketones (excluding diaryl/α,β-unsaturated/α-hetero) is 1. The third kappa shape index (κ3) is 42.7. The van der Waals surface area contributed by atoms with E-state index in [0.717, 1.165) is 63.7 Å². The summed E-state index contributed by atoms with van der Waals surface area (Å²) < 4.78 is 23.6. The highest BCUT2D eigenvalue weighted by Crippen LogP contribution is 2.28. The van der Waals surface area contributed by atoms with Gasteiger partial charge in [0.15, 0.2) is 0 Å². The smallest absolute Gasteiger partial charge is 0.465 e. The number of ketones is 1. The van der Waals surface area contributed by atoms with Gasteiger partial charge in [0.25, 0.3) is 0 Å². The van der Waals surface area contributed by atoms with Crippen LogP contribution < -0.4 is 0 Å². The SMILES string of the molecule is CCCCCCCC(C)CC(CCCCCCC)OC(CCCCC(=O)CCC(COC(=O)CCCCCCCC(CCCCC)CCCCC)COC(=O)OCCCN(CCO)CCO)C(C)CC. The van der Waals surface area contributed by atoms with Crippen LogP contribution in [0.2, 0.25) is 0 Å². The molecule has 70 heavy (non-hydrogen) atoms. The fraction of sp³-hybridized carbons (Fsp3) is 0.950. The summed E-state index contributed by atoms with van der Waals surface area (Å²) in [5, 5.41) is 18.5. The molecule has 0 bridgehead atoms. The zero-order valence-electron chi connectivity index (χ0n) is 47.3. The van der Waals surface area contributed by atoms with Gasteiger partial charge in [-0.15, -0.1) is 0 Å². The van der Waals surface area contributed by atoms with Crippen LogP contribution in [0.1, 0.15) is 280 Å². The molecule has 5 atom stereocenters. The zero-order valence-corrected chi connectivity index (χ0v) is 47.3. The van der Waals surface area contributed by atoms with Crippen LogP contribution in [0.15, 0.2) is 0 Å². The summed E-state index contributed by atoms with van der Waals surface area (Å²) in [6, 6.07) is 0. The number of carbonyl (C=O) groups is 3. The maximum atomic E-state index is 13.3.